The average molecular weight is 161 g/mol. The van der Waals surface area contributed by atoms with Gasteiger partial charge in [-0.1, -0.05) is 0 Å². The molecule has 1 rings (SSSR count). The molecule has 1 saturated heterocycles. The van der Waals surface area contributed by atoms with Crippen molar-refractivity contribution in [2.45, 2.75) is 19.4 Å². The molecule has 1 heterocycles. The summed E-state index contributed by atoms with van der Waals surface area (Å²) in [5.41, 5.74) is 0. The van der Waals surface area contributed by atoms with Crippen molar-refractivity contribution in [1.82, 2.24) is 4.90 Å². The largest absolute Gasteiger partial charge is 0.393 e. The normalized spacial score (nSPS) is 29.2. The predicted molar refractivity (Wildman–Crippen MR) is 42.2 cm³/mol. The second kappa shape index (κ2) is 4.02. The van der Waals surface area contributed by atoms with E-state index < -0.39 is 0 Å². The Morgan fingerprint density at radius 2 is 2.45 bits per heavy atom. The van der Waals surface area contributed by atoms with E-state index >= 15 is 0 Å². The number of aliphatic hydroxyl groups excluding tert-OH is 1. The van der Waals surface area contributed by atoms with Gasteiger partial charge in [-0.05, 0) is 25.8 Å². The van der Waals surface area contributed by atoms with Crippen molar-refractivity contribution >= 4 is 0 Å². The quantitative estimate of drug-likeness (QED) is 0.657. The van der Waals surface area contributed by atoms with Crippen LogP contribution < -0.4 is 0 Å². The maximum absolute atomic E-state index is 11.9. The zero-order chi connectivity index (χ0) is 8.27. The van der Waals surface area contributed by atoms with Crippen LogP contribution >= 0.6 is 0 Å². The molecular formula is C8H16FNO. The fourth-order valence-corrected chi connectivity index (χ4v) is 1.58. The van der Waals surface area contributed by atoms with Gasteiger partial charge in [0.25, 0.3) is 0 Å². The zero-order valence-electron chi connectivity index (χ0n) is 6.96. The lowest BCUT2D eigenvalue weighted by atomic mass is 10.0. The second-order valence-corrected chi connectivity index (χ2v) is 3.28. The molecule has 0 aliphatic carbocycles. The molecule has 0 spiro atoms. The highest BCUT2D eigenvalue weighted by atomic mass is 19.1. The Labute approximate surface area is 67.0 Å². The first-order chi connectivity index (χ1) is 5.24. The number of nitrogens with zero attached hydrogens (tertiary/aromatic N) is 1. The van der Waals surface area contributed by atoms with Crippen LogP contribution in [-0.2, 0) is 0 Å². The van der Waals surface area contributed by atoms with Gasteiger partial charge in [-0.25, -0.2) is 4.39 Å². The minimum atomic E-state index is -0.271. The van der Waals surface area contributed by atoms with E-state index in [1.165, 1.54) is 0 Å². The Morgan fingerprint density at radius 1 is 1.73 bits per heavy atom. The predicted octanol–water partition coefficient (Wildman–Crippen LogP) is 0.659. The lowest BCUT2D eigenvalue weighted by Gasteiger charge is -2.15. The van der Waals surface area contributed by atoms with E-state index in [4.69, 9.17) is 0 Å². The summed E-state index contributed by atoms with van der Waals surface area (Å²) in [5, 5.41) is 9.22. The number of alkyl halides is 1. The first kappa shape index (κ1) is 8.94. The average Bonchev–Trinajstić information content (AvgIpc) is 2.37. The van der Waals surface area contributed by atoms with Gasteiger partial charge in [-0.2, -0.15) is 0 Å². The van der Waals surface area contributed by atoms with Gasteiger partial charge in [0.15, 0.2) is 0 Å². The molecule has 0 radical (unpaired) electrons. The van der Waals surface area contributed by atoms with Crippen LogP contribution in [0.4, 0.5) is 4.39 Å². The summed E-state index contributed by atoms with van der Waals surface area (Å²) in [6.45, 7) is 3.88. The van der Waals surface area contributed by atoms with Gasteiger partial charge in [-0.3, -0.25) is 0 Å². The minimum Gasteiger partial charge on any atom is -0.393 e. The molecule has 1 N–H and O–H groups in total. The van der Waals surface area contributed by atoms with Crippen LogP contribution in [-0.4, -0.2) is 42.4 Å². The first-order valence-corrected chi connectivity index (χ1v) is 4.20. The molecule has 1 fully saturated rings. The fourth-order valence-electron chi connectivity index (χ4n) is 1.58. The van der Waals surface area contributed by atoms with Crippen LogP contribution in [0, 0.1) is 5.92 Å². The van der Waals surface area contributed by atoms with E-state index in [0.717, 1.165) is 19.5 Å². The summed E-state index contributed by atoms with van der Waals surface area (Å²) >= 11 is 0. The van der Waals surface area contributed by atoms with E-state index in [1.54, 1.807) is 0 Å². The van der Waals surface area contributed by atoms with Crippen LogP contribution in [0.2, 0.25) is 0 Å². The molecule has 2 atom stereocenters. The molecule has 3 heteroatoms. The molecule has 0 aromatic carbocycles. The standard InChI is InChI=1S/C8H16FNO/c1-7(11)8-2-4-10(6-8)5-3-9/h7-8,11H,2-6H2,1H3. The van der Waals surface area contributed by atoms with Gasteiger partial charge in [-0.15, -0.1) is 0 Å². The fraction of sp³-hybridized carbons (Fsp3) is 1.00. The Kier molecular flexibility index (Phi) is 3.27. The smallest absolute Gasteiger partial charge is 0.102 e. The number of hydrogen-bond acceptors (Lipinski definition) is 2. The molecule has 1 aliphatic heterocycles. The van der Waals surface area contributed by atoms with Gasteiger partial charge in [0.05, 0.1) is 6.10 Å². The van der Waals surface area contributed by atoms with Crippen LogP contribution in [0.25, 0.3) is 0 Å². The highest BCUT2D eigenvalue weighted by Crippen LogP contribution is 2.18. The lowest BCUT2D eigenvalue weighted by Crippen LogP contribution is -2.25. The number of rotatable bonds is 3. The summed E-state index contributed by atoms with van der Waals surface area (Å²) in [4.78, 5) is 2.07. The number of aliphatic hydroxyl groups is 1. The molecule has 0 aromatic heterocycles. The zero-order valence-corrected chi connectivity index (χ0v) is 6.96. The summed E-state index contributed by atoms with van der Waals surface area (Å²) in [6, 6.07) is 0. The summed E-state index contributed by atoms with van der Waals surface area (Å²) in [7, 11) is 0. The Balaban J connectivity index is 2.23. The number of likely N-dealkylation sites (tertiary alicyclic amines) is 1. The molecule has 66 valence electrons. The molecule has 0 saturated carbocycles. The number of halogens is 1. The molecule has 0 amide bonds. The van der Waals surface area contributed by atoms with Crippen molar-refractivity contribution in [2.75, 3.05) is 26.3 Å². The topological polar surface area (TPSA) is 23.5 Å². The first-order valence-electron chi connectivity index (χ1n) is 4.20. The van der Waals surface area contributed by atoms with Gasteiger partial charge in [0.2, 0.25) is 0 Å². The van der Waals surface area contributed by atoms with Crippen molar-refractivity contribution in [1.29, 1.82) is 0 Å². The van der Waals surface area contributed by atoms with Crippen molar-refractivity contribution < 1.29 is 9.50 Å². The maximum Gasteiger partial charge on any atom is 0.102 e. The molecule has 0 aromatic rings. The monoisotopic (exact) mass is 161 g/mol. The Morgan fingerprint density at radius 3 is 2.91 bits per heavy atom. The van der Waals surface area contributed by atoms with Crippen molar-refractivity contribution in [2.24, 2.45) is 5.92 Å². The molecular weight excluding hydrogens is 145 g/mol. The minimum absolute atomic E-state index is 0.236. The van der Waals surface area contributed by atoms with Crippen molar-refractivity contribution in [3.63, 3.8) is 0 Å². The lowest BCUT2D eigenvalue weighted by molar-refractivity contribution is 0.127. The molecule has 1 aliphatic rings. The third kappa shape index (κ3) is 2.42. The number of hydrogen-bond donors (Lipinski definition) is 1. The Bertz CT molecular complexity index is 119. The van der Waals surface area contributed by atoms with Gasteiger partial charge in [0, 0.05) is 13.1 Å². The molecule has 2 nitrogen and oxygen atoms in total. The van der Waals surface area contributed by atoms with E-state index in [9.17, 15) is 9.50 Å². The molecule has 0 bridgehead atoms. The highest BCUT2D eigenvalue weighted by molar-refractivity contribution is 4.78. The second-order valence-electron chi connectivity index (χ2n) is 3.28. The van der Waals surface area contributed by atoms with Gasteiger partial charge >= 0.3 is 0 Å². The Hall–Kier alpha value is -0.150. The third-order valence-electron chi connectivity index (χ3n) is 2.39. The van der Waals surface area contributed by atoms with Crippen molar-refractivity contribution in [3.05, 3.63) is 0 Å². The maximum atomic E-state index is 11.9. The summed E-state index contributed by atoms with van der Waals surface area (Å²) in [6.07, 6.45) is 0.775. The van der Waals surface area contributed by atoms with E-state index in [-0.39, 0.29) is 12.8 Å². The molecule has 2 unspecified atom stereocenters. The van der Waals surface area contributed by atoms with E-state index in [1.807, 2.05) is 6.92 Å². The van der Waals surface area contributed by atoms with Crippen LogP contribution in [0.3, 0.4) is 0 Å². The van der Waals surface area contributed by atoms with E-state index in [2.05, 4.69) is 4.90 Å². The van der Waals surface area contributed by atoms with E-state index in [0.29, 0.717) is 12.5 Å². The summed E-state index contributed by atoms with van der Waals surface area (Å²) < 4.78 is 11.9. The van der Waals surface area contributed by atoms with Gasteiger partial charge in [0.1, 0.15) is 6.67 Å². The molecule has 11 heavy (non-hydrogen) atoms. The van der Waals surface area contributed by atoms with Crippen LogP contribution in [0.15, 0.2) is 0 Å². The SMILES string of the molecule is CC(O)C1CCN(CCF)C1. The highest BCUT2D eigenvalue weighted by Gasteiger charge is 2.25. The van der Waals surface area contributed by atoms with Gasteiger partial charge < -0.3 is 10.0 Å². The van der Waals surface area contributed by atoms with Crippen LogP contribution in [0.5, 0.6) is 0 Å². The third-order valence-corrected chi connectivity index (χ3v) is 2.39. The summed E-state index contributed by atoms with van der Waals surface area (Å²) in [5.74, 6) is 0.363. The van der Waals surface area contributed by atoms with Crippen molar-refractivity contribution in [3.8, 4) is 0 Å². The van der Waals surface area contributed by atoms with Crippen LogP contribution in [0.1, 0.15) is 13.3 Å².